The lowest BCUT2D eigenvalue weighted by Gasteiger charge is -2.04. The summed E-state index contributed by atoms with van der Waals surface area (Å²) >= 11 is 0. The molecule has 0 unspecified atom stereocenters. The Balaban J connectivity index is 0.000000172. The lowest BCUT2D eigenvalue weighted by molar-refractivity contribution is -0.106. The maximum Gasteiger partial charge on any atom is 0.204 e. The first kappa shape index (κ1) is 23.8. The fourth-order valence-electron chi connectivity index (χ4n) is 3.28. The minimum absolute atomic E-state index is 0.0336. The van der Waals surface area contributed by atoms with Crippen molar-refractivity contribution in [3.8, 4) is 11.3 Å². The van der Waals surface area contributed by atoms with E-state index in [1.54, 1.807) is 30.6 Å². The molecule has 6 nitrogen and oxygen atoms in total. The number of benzene rings is 4. The largest absolute Gasteiger partial charge is 0.398 e. The van der Waals surface area contributed by atoms with Gasteiger partial charge in [0.1, 0.15) is 6.33 Å². The topological polar surface area (TPSA) is 112 Å². The Bertz CT molecular complexity index is 1350. The number of nitrogen functional groups attached to an aromatic ring is 1. The lowest BCUT2D eigenvalue weighted by Crippen LogP contribution is -2.04. The standard InChI is InChI=1S/C14H10N2.C13H11NO.CH3NO/c1-2-6-11(7-3-1)14-12-8-4-5-9-13(12)15-10-16-14;14-12-9-5-4-8-11(12)13(15)10-6-2-1-3-7-10;2-1-3/h1-10H;1-9H,14H2;1H,(H2,2,3). The molecule has 5 rings (SSSR count). The van der Waals surface area contributed by atoms with Crippen LogP contribution < -0.4 is 11.5 Å². The Morgan fingerprint density at radius 2 is 1.26 bits per heavy atom. The van der Waals surface area contributed by atoms with Crippen LogP contribution in [-0.4, -0.2) is 22.2 Å². The maximum atomic E-state index is 12.0. The SMILES string of the molecule is NC=O.Nc1ccccc1C(=O)c1ccccc1.c1ccc(-c2ncnc3ccccc23)cc1. The van der Waals surface area contributed by atoms with Gasteiger partial charge in [0.25, 0.3) is 0 Å². The van der Waals surface area contributed by atoms with Crippen LogP contribution in [0.25, 0.3) is 22.2 Å². The second-order valence-corrected chi connectivity index (χ2v) is 7.02. The van der Waals surface area contributed by atoms with Crippen molar-refractivity contribution in [3.63, 3.8) is 0 Å². The van der Waals surface area contributed by atoms with Gasteiger partial charge < -0.3 is 11.5 Å². The molecular formula is C28H24N4O2. The number of nitrogens with two attached hydrogens (primary N) is 2. The Hall–Kier alpha value is -4.84. The van der Waals surface area contributed by atoms with E-state index in [0.29, 0.717) is 16.8 Å². The van der Waals surface area contributed by atoms with Crippen LogP contribution in [0.1, 0.15) is 15.9 Å². The van der Waals surface area contributed by atoms with Crippen molar-refractivity contribution in [1.82, 2.24) is 9.97 Å². The maximum absolute atomic E-state index is 12.0. The van der Waals surface area contributed by atoms with E-state index in [1.807, 2.05) is 66.7 Å². The summed E-state index contributed by atoms with van der Waals surface area (Å²) in [5.41, 5.74) is 14.7. The summed E-state index contributed by atoms with van der Waals surface area (Å²) in [4.78, 5) is 29.2. The van der Waals surface area contributed by atoms with Crippen LogP contribution in [0.5, 0.6) is 0 Å². The molecule has 0 radical (unpaired) electrons. The third-order valence-electron chi connectivity index (χ3n) is 4.83. The molecule has 1 aromatic heterocycles. The van der Waals surface area contributed by atoms with Crippen LogP contribution in [0.15, 0.2) is 116 Å². The summed E-state index contributed by atoms with van der Waals surface area (Å²) in [7, 11) is 0. The number of hydrogen-bond acceptors (Lipinski definition) is 5. The van der Waals surface area contributed by atoms with E-state index in [0.717, 1.165) is 22.2 Å². The van der Waals surface area contributed by atoms with Crippen LogP contribution in [-0.2, 0) is 4.79 Å². The van der Waals surface area contributed by atoms with Crippen molar-refractivity contribution in [2.45, 2.75) is 0 Å². The van der Waals surface area contributed by atoms with Gasteiger partial charge in [0.2, 0.25) is 6.41 Å². The zero-order chi connectivity index (χ0) is 24.2. The highest BCUT2D eigenvalue weighted by Crippen LogP contribution is 2.24. The van der Waals surface area contributed by atoms with E-state index >= 15 is 0 Å². The van der Waals surface area contributed by atoms with Gasteiger partial charge >= 0.3 is 0 Å². The smallest absolute Gasteiger partial charge is 0.204 e. The van der Waals surface area contributed by atoms with Crippen molar-refractivity contribution in [2.75, 3.05) is 5.73 Å². The molecular weight excluding hydrogens is 424 g/mol. The van der Waals surface area contributed by atoms with Gasteiger partial charge in [-0.2, -0.15) is 0 Å². The van der Waals surface area contributed by atoms with Crippen LogP contribution >= 0.6 is 0 Å². The summed E-state index contributed by atoms with van der Waals surface area (Å²) in [6.07, 6.45) is 1.87. The number of amides is 1. The van der Waals surface area contributed by atoms with Crippen LogP contribution in [0, 0.1) is 0 Å². The fourth-order valence-corrected chi connectivity index (χ4v) is 3.28. The molecule has 6 heteroatoms. The summed E-state index contributed by atoms with van der Waals surface area (Å²) in [5, 5.41) is 1.09. The number of carbonyl (C=O) groups excluding carboxylic acids is 2. The predicted molar refractivity (Wildman–Crippen MR) is 136 cm³/mol. The summed E-state index contributed by atoms with van der Waals surface area (Å²) in [5.74, 6) is -0.0336. The van der Waals surface area contributed by atoms with E-state index in [-0.39, 0.29) is 12.2 Å². The molecule has 168 valence electrons. The van der Waals surface area contributed by atoms with Crippen LogP contribution in [0.4, 0.5) is 5.69 Å². The number of hydrogen-bond donors (Lipinski definition) is 2. The van der Waals surface area contributed by atoms with Gasteiger partial charge in [0.05, 0.1) is 11.2 Å². The highest BCUT2D eigenvalue weighted by atomic mass is 16.1. The molecule has 4 aromatic carbocycles. The Morgan fingerprint density at radius 1 is 0.706 bits per heavy atom. The fraction of sp³-hybridized carbons (Fsp3) is 0. The molecule has 4 N–H and O–H groups in total. The third-order valence-corrected chi connectivity index (χ3v) is 4.83. The third kappa shape index (κ3) is 6.11. The Morgan fingerprint density at radius 3 is 1.94 bits per heavy atom. The molecule has 0 atom stereocenters. The van der Waals surface area contributed by atoms with Gasteiger partial charge in [-0.15, -0.1) is 0 Å². The molecule has 0 fully saturated rings. The van der Waals surface area contributed by atoms with Crippen molar-refractivity contribution >= 4 is 28.8 Å². The van der Waals surface area contributed by atoms with E-state index in [2.05, 4.69) is 33.9 Å². The summed E-state index contributed by atoms with van der Waals surface area (Å²) in [6, 6.07) is 34.5. The monoisotopic (exact) mass is 448 g/mol. The van der Waals surface area contributed by atoms with Gasteiger partial charge in [0, 0.05) is 27.8 Å². The van der Waals surface area contributed by atoms with Gasteiger partial charge in [-0.05, 0) is 18.2 Å². The summed E-state index contributed by atoms with van der Waals surface area (Å²) in [6.45, 7) is 0. The number of anilines is 1. The van der Waals surface area contributed by atoms with Gasteiger partial charge in [-0.1, -0.05) is 91.0 Å². The average Bonchev–Trinajstić information content (AvgIpc) is 2.90. The average molecular weight is 449 g/mol. The van der Waals surface area contributed by atoms with Crippen molar-refractivity contribution in [1.29, 1.82) is 0 Å². The zero-order valence-electron chi connectivity index (χ0n) is 18.4. The van der Waals surface area contributed by atoms with Crippen molar-refractivity contribution in [2.24, 2.45) is 5.73 Å². The first-order valence-corrected chi connectivity index (χ1v) is 10.5. The first-order chi connectivity index (χ1) is 16.7. The number of fused-ring (bicyclic) bond motifs is 1. The second kappa shape index (κ2) is 12.3. The van der Waals surface area contributed by atoms with E-state index in [4.69, 9.17) is 10.5 Å². The lowest BCUT2D eigenvalue weighted by atomic mass is 10.0. The number of nitrogens with zero attached hydrogens (tertiary/aromatic N) is 2. The first-order valence-electron chi connectivity index (χ1n) is 10.5. The Kier molecular flexibility index (Phi) is 8.59. The van der Waals surface area contributed by atoms with Gasteiger partial charge in [0.15, 0.2) is 5.78 Å². The normalized spacial score (nSPS) is 9.65. The zero-order valence-corrected chi connectivity index (χ0v) is 18.4. The highest BCUT2D eigenvalue weighted by molar-refractivity contribution is 6.12. The minimum atomic E-state index is -0.0336. The molecule has 0 saturated heterocycles. The molecule has 1 heterocycles. The van der Waals surface area contributed by atoms with E-state index in [1.165, 1.54) is 0 Å². The molecule has 0 aliphatic heterocycles. The van der Waals surface area contributed by atoms with Crippen LogP contribution in [0.3, 0.4) is 0 Å². The molecule has 0 bridgehead atoms. The molecule has 5 aromatic rings. The number of rotatable bonds is 3. The molecule has 0 aliphatic carbocycles. The quantitative estimate of drug-likeness (QED) is 0.232. The number of ketones is 1. The molecule has 0 spiro atoms. The highest BCUT2D eigenvalue weighted by Gasteiger charge is 2.10. The molecule has 1 amide bonds. The second-order valence-electron chi connectivity index (χ2n) is 7.02. The number of aromatic nitrogens is 2. The van der Waals surface area contributed by atoms with E-state index < -0.39 is 0 Å². The van der Waals surface area contributed by atoms with Crippen molar-refractivity contribution < 1.29 is 9.59 Å². The molecule has 0 aliphatic rings. The number of primary amides is 1. The van der Waals surface area contributed by atoms with Gasteiger partial charge in [-0.3, -0.25) is 9.59 Å². The summed E-state index contributed by atoms with van der Waals surface area (Å²) < 4.78 is 0. The Labute approximate surface area is 197 Å². The molecule has 0 saturated carbocycles. The minimum Gasteiger partial charge on any atom is -0.398 e. The van der Waals surface area contributed by atoms with Crippen LogP contribution in [0.2, 0.25) is 0 Å². The number of para-hydroxylation sites is 2. The molecule has 34 heavy (non-hydrogen) atoms. The predicted octanol–water partition coefficient (Wildman–Crippen LogP) is 4.90. The van der Waals surface area contributed by atoms with Crippen molar-refractivity contribution in [3.05, 3.63) is 127 Å². The van der Waals surface area contributed by atoms with E-state index in [9.17, 15) is 4.79 Å². The number of carbonyl (C=O) groups is 2. The van der Waals surface area contributed by atoms with Gasteiger partial charge in [-0.25, -0.2) is 9.97 Å².